The minimum Gasteiger partial charge on any atom is -0.193 e. The van der Waals surface area contributed by atoms with Crippen molar-refractivity contribution in [1.82, 2.24) is 0 Å². The topological polar surface area (TPSA) is 23.8 Å². The predicted molar refractivity (Wildman–Crippen MR) is 57.6 cm³/mol. The standard InChI is InChI=1S/C11H13NS/c1-2-3-5-10-7-9-13-11(10)6-4-8-12/h4,6-7,9H,2-3,5H2,1H3. The summed E-state index contributed by atoms with van der Waals surface area (Å²) in [6.45, 7) is 2.19. The van der Waals surface area contributed by atoms with Crippen molar-refractivity contribution in [3.63, 3.8) is 0 Å². The van der Waals surface area contributed by atoms with E-state index in [2.05, 4.69) is 18.4 Å². The van der Waals surface area contributed by atoms with E-state index in [1.807, 2.05) is 12.1 Å². The number of nitriles is 1. The molecule has 0 aliphatic heterocycles. The fraction of sp³-hybridized carbons (Fsp3) is 0.364. The van der Waals surface area contributed by atoms with Crippen molar-refractivity contribution < 1.29 is 0 Å². The quantitative estimate of drug-likeness (QED) is 0.667. The van der Waals surface area contributed by atoms with Gasteiger partial charge in [0.1, 0.15) is 0 Å². The summed E-state index contributed by atoms with van der Waals surface area (Å²) in [5.41, 5.74) is 1.37. The highest BCUT2D eigenvalue weighted by Gasteiger charge is 1.99. The first-order valence-electron chi connectivity index (χ1n) is 4.51. The summed E-state index contributed by atoms with van der Waals surface area (Å²) < 4.78 is 0. The molecule has 1 nitrogen and oxygen atoms in total. The summed E-state index contributed by atoms with van der Waals surface area (Å²) in [4.78, 5) is 1.23. The Morgan fingerprint density at radius 1 is 1.62 bits per heavy atom. The first-order valence-corrected chi connectivity index (χ1v) is 5.39. The van der Waals surface area contributed by atoms with Gasteiger partial charge in [-0.05, 0) is 35.9 Å². The summed E-state index contributed by atoms with van der Waals surface area (Å²) in [6, 6.07) is 4.17. The molecule has 0 fully saturated rings. The molecule has 1 heterocycles. The number of hydrogen-bond acceptors (Lipinski definition) is 2. The number of hydrogen-bond donors (Lipinski definition) is 0. The van der Waals surface area contributed by atoms with Gasteiger partial charge in [-0.2, -0.15) is 5.26 Å². The first kappa shape index (κ1) is 10.0. The van der Waals surface area contributed by atoms with Crippen LogP contribution in [0.25, 0.3) is 6.08 Å². The molecule has 0 N–H and O–H groups in total. The van der Waals surface area contributed by atoms with Gasteiger partial charge in [0.15, 0.2) is 0 Å². The van der Waals surface area contributed by atoms with Crippen LogP contribution in [0.2, 0.25) is 0 Å². The molecule has 0 bridgehead atoms. The average Bonchev–Trinajstić information content (AvgIpc) is 2.59. The Labute approximate surface area is 83.3 Å². The van der Waals surface area contributed by atoms with Crippen LogP contribution >= 0.6 is 11.3 Å². The zero-order valence-corrected chi connectivity index (χ0v) is 8.60. The van der Waals surface area contributed by atoms with Crippen molar-refractivity contribution >= 4 is 17.4 Å². The van der Waals surface area contributed by atoms with E-state index in [0.29, 0.717) is 0 Å². The molecule has 68 valence electrons. The second kappa shape index (κ2) is 5.55. The molecule has 0 atom stereocenters. The van der Waals surface area contributed by atoms with Gasteiger partial charge in [-0.15, -0.1) is 11.3 Å². The van der Waals surface area contributed by atoms with E-state index in [0.717, 1.165) is 6.42 Å². The Morgan fingerprint density at radius 2 is 2.46 bits per heavy atom. The van der Waals surface area contributed by atoms with E-state index >= 15 is 0 Å². The van der Waals surface area contributed by atoms with Gasteiger partial charge in [-0.1, -0.05) is 13.3 Å². The minimum absolute atomic E-state index is 1.13. The summed E-state index contributed by atoms with van der Waals surface area (Å²) >= 11 is 1.70. The highest BCUT2D eigenvalue weighted by Crippen LogP contribution is 2.20. The van der Waals surface area contributed by atoms with Crippen molar-refractivity contribution in [3.05, 3.63) is 28.0 Å². The predicted octanol–water partition coefficient (Wildman–Crippen LogP) is 3.63. The molecule has 2 heteroatoms. The van der Waals surface area contributed by atoms with Gasteiger partial charge in [0, 0.05) is 11.0 Å². The Balaban J connectivity index is 2.66. The van der Waals surface area contributed by atoms with Crippen LogP contribution in [0.5, 0.6) is 0 Å². The van der Waals surface area contributed by atoms with Crippen LogP contribution in [0.4, 0.5) is 0 Å². The highest BCUT2D eigenvalue weighted by atomic mass is 32.1. The fourth-order valence-electron chi connectivity index (χ4n) is 1.18. The second-order valence-electron chi connectivity index (χ2n) is 2.88. The molecule has 1 rings (SSSR count). The van der Waals surface area contributed by atoms with Crippen LogP contribution in [0, 0.1) is 11.3 Å². The molecule has 0 saturated carbocycles. The molecular weight excluding hydrogens is 178 g/mol. The summed E-state index contributed by atoms with van der Waals surface area (Å²) in [7, 11) is 0. The number of nitrogens with zero attached hydrogens (tertiary/aromatic N) is 1. The molecule has 0 unspecified atom stereocenters. The number of unbranched alkanes of at least 4 members (excludes halogenated alkanes) is 1. The lowest BCUT2D eigenvalue weighted by atomic mass is 10.1. The van der Waals surface area contributed by atoms with Crippen molar-refractivity contribution in [2.24, 2.45) is 0 Å². The molecule has 1 aromatic rings. The van der Waals surface area contributed by atoms with Crippen LogP contribution in [0.1, 0.15) is 30.2 Å². The van der Waals surface area contributed by atoms with E-state index in [1.165, 1.54) is 23.3 Å². The number of rotatable bonds is 4. The second-order valence-corrected chi connectivity index (χ2v) is 3.82. The van der Waals surface area contributed by atoms with Gasteiger partial charge < -0.3 is 0 Å². The number of aryl methyl sites for hydroxylation is 1. The summed E-state index contributed by atoms with van der Waals surface area (Å²) in [5.74, 6) is 0. The first-order chi connectivity index (χ1) is 6.38. The maximum absolute atomic E-state index is 8.40. The Kier molecular flexibility index (Phi) is 4.28. The average molecular weight is 191 g/mol. The fourth-order valence-corrected chi connectivity index (χ4v) is 2.03. The number of allylic oxidation sites excluding steroid dienone is 1. The lowest BCUT2D eigenvalue weighted by Gasteiger charge is -1.96. The Bertz CT molecular complexity index is 317. The van der Waals surface area contributed by atoms with Gasteiger partial charge in [0.05, 0.1) is 6.07 Å². The van der Waals surface area contributed by atoms with Crippen molar-refractivity contribution in [1.29, 1.82) is 5.26 Å². The monoisotopic (exact) mass is 191 g/mol. The van der Waals surface area contributed by atoms with Crippen molar-refractivity contribution in [3.8, 4) is 6.07 Å². The molecule has 1 aromatic heterocycles. The lowest BCUT2D eigenvalue weighted by molar-refractivity contribution is 0.796. The van der Waals surface area contributed by atoms with E-state index in [9.17, 15) is 0 Å². The maximum atomic E-state index is 8.40. The SMILES string of the molecule is CCCCc1ccsc1C=CC#N. The third-order valence-electron chi connectivity index (χ3n) is 1.89. The normalized spacial score (nSPS) is 10.5. The lowest BCUT2D eigenvalue weighted by Crippen LogP contribution is -1.82. The van der Waals surface area contributed by atoms with Gasteiger partial charge in [0.25, 0.3) is 0 Å². The van der Waals surface area contributed by atoms with E-state index < -0.39 is 0 Å². The highest BCUT2D eigenvalue weighted by molar-refractivity contribution is 7.11. The van der Waals surface area contributed by atoms with Gasteiger partial charge in [-0.3, -0.25) is 0 Å². The van der Waals surface area contributed by atoms with Crippen LogP contribution in [0.15, 0.2) is 17.5 Å². The third-order valence-corrected chi connectivity index (χ3v) is 2.81. The van der Waals surface area contributed by atoms with Crippen LogP contribution < -0.4 is 0 Å². The van der Waals surface area contributed by atoms with Gasteiger partial charge in [0.2, 0.25) is 0 Å². The minimum atomic E-state index is 1.13. The molecule has 0 aliphatic rings. The Morgan fingerprint density at radius 3 is 3.15 bits per heavy atom. The van der Waals surface area contributed by atoms with Crippen LogP contribution in [-0.4, -0.2) is 0 Å². The van der Waals surface area contributed by atoms with E-state index in [-0.39, 0.29) is 0 Å². The molecule has 0 spiro atoms. The zero-order valence-electron chi connectivity index (χ0n) is 7.79. The largest absolute Gasteiger partial charge is 0.193 e. The summed E-state index contributed by atoms with van der Waals surface area (Å²) in [5, 5.41) is 10.5. The van der Waals surface area contributed by atoms with E-state index in [1.54, 1.807) is 17.4 Å². The molecule has 0 saturated heterocycles. The summed E-state index contributed by atoms with van der Waals surface area (Å²) in [6.07, 6.45) is 7.02. The molecule has 0 amide bonds. The zero-order chi connectivity index (χ0) is 9.52. The Hall–Kier alpha value is -1.07. The smallest absolute Gasteiger partial charge is 0.0912 e. The number of thiophene rings is 1. The molecule has 0 radical (unpaired) electrons. The van der Waals surface area contributed by atoms with Crippen LogP contribution in [0.3, 0.4) is 0 Å². The van der Waals surface area contributed by atoms with Gasteiger partial charge in [-0.25, -0.2) is 0 Å². The molecule has 13 heavy (non-hydrogen) atoms. The van der Waals surface area contributed by atoms with E-state index in [4.69, 9.17) is 5.26 Å². The molecule has 0 aromatic carbocycles. The van der Waals surface area contributed by atoms with Crippen molar-refractivity contribution in [2.75, 3.05) is 0 Å². The van der Waals surface area contributed by atoms with Gasteiger partial charge >= 0.3 is 0 Å². The molecule has 0 aliphatic carbocycles. The van der Waals surface area contributed by atoms with Crippen molar-refractivity contribution in [2.45, 2.75) is 26.2 Å². The third kappa shape index (κ3) is 3.04. The maximum Gasteiger partial charge on any atom is 0.0912 e. The van der Waals surface area contributed by atoms with Crippen LogP contribution in [-0.2, 0) is 6.42 Å². The molecular formula is C11H13NS.